The smallest absolute Gasteiger partial charge is 0.0725 e. The van der Waals surface area contributed by atoms with Crippen LogP contribution in [0.15, 0.2) is 176 Å². The lowest BCUT2D eigenvalue weighted by atomic mass is 9.70. The molecule has 0 aliphatic heterocycles. The molecule has 2 aliphatic carbocycles. The summed E-state index contributed by atoms with van der Waals surface area (Å²) in [4.78, 5) is 0. The van der Waals surface area contributed by atoms with Gasteiger partial charge in [-0.3, -0.25) is 0 Å². The molecule has 8 aromatic carbocycles. The molecule has 222 valence electrons. The standard InChI is InChI=1S/C47H29N/c1-2-14-31(15-3-1)48-44-25-13-9-19-35(44)39-28-30(26-27-45(39)48)38-29-43-46(36-20-5-4-16-32(36)38)37-21-8-12-24-42(37)47(43)40-22-10-6-17-33(40)34-18-7-11-23-41(34)47/h1-29H. The largest absolute Gasteiger partial charge is 0.309 e. The fourth-order valence-corrected chi connectivity index (χ4v) is 9.18. The molecule has 1 heteroatoms. The van der Waals surface area contributed by atoms with Crippen molar-refractivity contribution >= 4 is 32.6 Å². The summed E-state index contributed by atoms with van der Waals surface area (Å²) in [5.41, 5.74) is 16.6. The van der Waals surface area contributed by atoms with Crippen molar-refractivity contribution in [1.29, 1.82) is 0 Å². The van der Waals surface area contributed by atoms with Crippen molar-refractivity contribution in [2.75, 3.05) is 0 Å². The van der Waals surface area contributed by atoms with Crippen molar-refractivity contribution in [3.8, 4) is 39.1 Å². The molecule has 0 radical (unpaired) electrons. The Bertz CT molecular complexity index is 2740. The predicted molar refractivity (Wildman–Crippen MR) is 200 cm³/mol. The maximum Gasteiger partial charge on any atom is 0.0725 e. The third-order valence-electron chi connectivity index (χ3n) is 11.0. The van der Waals surface area contributed by atoms with Gasteiger partial charge >= 0.3 is 0 Å². The summed E-state index contributed by atoms with van der Waals surface area (Å²) >= 11 is 0. The van der Waals surface area contributed by atoms with Gasteiger partial charge in [0.15, 0.2) is 0 Å². The van der Waals surface area contributed by atoms with Crippen LogP contribution in [0.4, 0.5) is 0 Å². The fraction of sp³-hybridized carbons (Fsp3) is 0.0213. The molecule has 2 aliphatic rings. The number of rotatable bonds is 2. The van der Waals surface area contributed by atoms with Gasteiger partial charge < -0.3 is 4.57 Å². The van der Waals surface area contributed by atoms with Gasteiger partial charge in [0.1, 0.15) is 0 Å². The molecule has 1 heterocycles. The summed E-state index contributed by atoms with van der Waals surface area (Å²) in [7, 11) is 0. The van der Waals surface area contributed by atoms with E-state index in [1.165, 1.54) is 93.9 Å². The number of hydrogen-bond acceptors (Lipinski definition) is 0. The van der Waals surface area contributed by atoms with Crippen LogP contribution < -0.4 is 0 Å². The number of hydrogen-bond donors (Lipinski definition) is 0. The van der Waals surface area contributed by atoms with E-state index in [-0.39, 0.29) is 5.41 Å². The van der Waals surface area contributed by atoms with Gasteiger partial charge in [-0.05, 0) is 103 Å². The van der Waals surface area contributed by atoms with Gasteiger partial charge in [0.25, 0.3) is 0 Å². The molecule has 0 N–H and O–H groups in total. The maximum atomic E-state index is 2.54. The van der Waals surface area contributed by atoms with Gasteiger partial charge in [0, 0.05) is 16.5 Å². The van der Waals surface area contributed by atoms with Crippen LogP contribution in [0.5, 0.6) is 0 Å². The topological polar surface area (TPSA) is 4.93 Å². The summed E-state index contributed by atoms with van der Waals surface area (Å²) in [5, 5.41) is 5.13. The second kappa shape index (κ2) is 9.44. The van der Waals surface area contributed by atoms with E-state index >= 15 is 0 Å². The van der Waals surface area contributed by atoms with Crippen LogP contribution in [0.25, 0.3) is 71.6 Å². The summed E-state index contributed by atoms with van der Waals surface area (Å²) in [6.07, 6.45) is 0. The van der Waals surface area contributed by atoms with Gasteiger partial charge in [-0.1, -0.05) is 140 Å². The highest BCUT2D eigenvalue weighted by Crippen LogP contribution is 2.64. The van der Waals surface area contributed by atoms with Crippen molar-refractivity contribution in [3.63, 3.8) is 0 Å². The summed E-state index contributed by atoms with van der Waals surface area (Å²) < 4.78 is 2.40. The third-order valence-corrected chi connectivity index (χ3v) is 11.0. The number of nitrogens with zero attached hydrogens (tertiary/aromatic N) is 1. The molecular formula is C47H29N. The van der Waals surface area contributed by atoms with E-state index in [1.54, 1.807) is 0 Å². The van der Waals surface area contributed by atoms with Gasteiger partial charge in [-0.25, -0.2) is 0 Å². The molecule has 1 spiro atoms. The van der Waals surface area contributed by atoms with Gasteiger partial charge in [-0.2, -0.15) is 0 Å². The Hall–Kier alpha value is -6.18. The van der Waals surface area contributed by atoms with Crippen LogP contribution >= 0.6 is 0 Å². The normalized spacial score (nSPS) is 13.6. The second-order valence-corrected chi connectivity index (χ2v) is 13.2. The molecule has 48 heavy (non-hydrogen) atoms. The Balaban J connectivity index is 1.26. The first-order valence-corrected chi connectivity index (χ1v) is 16.8. The molecule has 1 aromatic heterocycles. The Morgan fingerprint density at radius 2 is 0.875 bits per heavy atom. The molecule has 0 saturated heterocycles. The highest BCUT2D eigenvalue weighted by atomic mass is 15.0. The second-order valence-electron chi connectivity index (χ2n) is 13.2. The quantitative estimate of drug-likeness (QED) is 0.184. The van der Waals surface area contributed by atoms with Crippen molar-refractivity contribution in [2.24, 2.45) is 0 Å². The molecular weight excluding hydrogens is 579 g/mol. The van der Waals surface area contributed by atoms with Crippen LogP contribution in [-0.4, -0.2) is 4.57 Å². The number of aromatic nitrogens is 1. The predicted octanol–water partition coefficient (Wildman–Crippen LogP) is 11.9. The van der Waals surface area contributed by atoms with Crippen molar-refractivity contribution in [1.82, 2.24) is 4.57 Å². The number of fused-ring (bicyclic) bond motifs is 15. The molecule has 11 rings (SSSR count). The molecule has 1 nitrogen and oxygen atoms in total. The van der Waals surface area contributed by atoms with Crippen LogP contribution in [-0.2, 0) is 5.41 Å². The van der Waals surface area contributed by atoms with Crippen molar-refractivity contribution in [2.45, 2.75) is 5.41 Å². The maximum absolute atomic E-state index is 2.54. The Morgan fingerprint density at radius 1 is 0.333 bits per heavy atom. The molecule has 0 saturated carbocycles. The average molecular weight is 608 g/mol. The Morgan fingerprint density at radius 3 is 1.60 bits per heavy atom. The number of para-hydroxylation sites is 2. The summed E-state index contributed by atoms with van der Waals surface area (Å²) in [6.45, 7) is 0. The van der Waals surface area contributed by atoms with E-state index in [0.717, 1.165) is 0 Å². The van der Waals surface area contributed by atoms with E-state index in [4.69, 9.17) is 0 Å². The Kier molecular flexibility index (Phi) is 5.10. The zero-order valence-electron chi connectivity index (χ0n) is 26.2. The minimum absolute atomic E-state index is 0.384. The lowest BCUT2D eigenvalue weighted by Crippen LogP contribution is -2.25. The SMILES string of the molecule is c1ccc(-n2c3ccccc3c3cc(-c4cc5c(c6ccccc46)-c4ccccc4C54c5ccccc5-c5ccccc54)ccc32)cc1. The molecule has 0 atom stereocenters. The Labute approximate surface area is 279 Å². The number of benzene rings is 8. The van der Waals surface area contributed by atoms with E-state index < -0.39 is 0 Å². The summed E-state index contributed by atoms with van der Waals surface area (Å²) in [6, 6.07) is 65.4. The van der Waals surface area contributed by atoms with Crippen LogP contribution in [0, 0.1) is 0 Å². The lowest BCUT2D eigenvalue weighted by molar-refractivity contribution is 0.794. The minimum Gasteiger partial charge on any atom is -0.309 e. The zero-order valence-corrected chi connectivity index (χ0v) is 26.2. The minimum atomic E-state index is -0.384. The molecule has 0 bridgehead atoms. The highest BCUT2D eigenvalue weighted by Gasteiger charge is 2.52. The first-order valence-electron chi connectivity index (χ1n) is 16.8. The highest BCUT2D eigenvalue weighted by molar-refractivity contribution is 6.14. The molecule has 0 amide bonds. The third kappa shape index (κ3) is 3.16. The van der Waals surface area contributed by atoms with E-state index in [9.17, 15) is 0 Å². The van der Waals surface area contributed by atoms with Crippen LogP contribution in [0.1, 0.15) is 22.3 Å². The van der Waals surface area contributed by atoms with E-state index in [1.807, 2.05) is 0 Å². The van der Waals surface area contributed by atoms with Crippen molar-refractivity contribution in [3.05, 3.63) is 198 Å². The first-order chi connectivity index (χ1) is 23.8. The fourth-order valence-electron chi connectivity index (χ4n) is 9.18. The van der Waals surface area contributed by atoms with E-state index in [0.29, 0.717) is 0 Å². The monoisotopic (exact) mass is 607 g/mol. The van der Waals surface area contributed by atoms with Crippen molar-refractivity contribution < 1.29 is 0 Å². The lowest BCUT2D eigenvalue weighted by Gasteiger charge is -2.31. The van der Waals surface area contributed by atoms with Gasteiger partial charge in [-0.15, -0.1) is 0 Å². The van der Waals surface area contributed by atoms with Gasteiger partial charge in [0.2, 0.25) is 0 Å². The molecule has 0 fully saturated rings. The molecule has 9 aromatic rings. The first kappa shape index (κ1) is 25.9. The van der Waals surface area contributed by atoms with E-state index in [2.05, 4.69) is 180 Å². The zero-order chi connectivity index (χ0) is 31.4. The average Bonchev–Trinajstić information content (AvgIpc) is 3.76. The van der Waals surface area contributed by atoms with Crippen LogP contribution in [0.2, 0.25) is 0 Å². The summed E-state index contributed by atoms with van der Waals surface area (Å²) in [5.74, 6) is 0. The molecule has 0 unspecified atom stereocenters. The van der Waals surface area contributed by atoms with Gasteiger partial charge in [0.05, 0.1) is 16.4 Å². The van der Waals surface area contributed by atoms with Crippen LogP contribution in [0.3, 0.4) is 0 Å².